The molecule has 2 N–H and O–H groups in total. The lowest BCUT2D eigenvalue weighted by molar-refractivity contribution is -0.136. The van der Waals surface area contributed by atoms with Crippen LogP contribution < -0.4 is 10.6 Å². The number of fused-ring (bicyclic) bond motifs is 1. The quantitative estimate of drug-likeness (QED) is 0.297. The number of hydrogen-bond donors (Lipinski definition) is 2. The van der Waals surface area contributed by atoms with Crippen LogP contribution in [0, 0.1) is 0 Å². The average Bonchev–Trinajstić information content (AvgIpc) is 3.46. The molecule has 3 amide bonds. The molecule has 5 rings (SSSR count). The van der Waals surface area contributed by atoms with Crippen molar-refractivity contribution in [2.75, 3.05) is 11.9 Å². The number of benzene rings is 2. The molecule has 0 aliphatic carbocycles. The van der Waals surface area contributed by atoms with E-state index in [4.69, 9.17) is 4.98 Å². The van der Waals surface area contributed by atoms with Crippen molar-refractivity contribution in [3.05, 3.63) is 59.8 Å². The fourth-order valence-corrected chi connectivity index (χ4v) is 5.31. The molecule has 1 fully saturated rings. The molecule has 0 spiro atoms. The molecule has 0 bridgehead atoms. The maximum absolute atomic E-state index is 13.0. The maximum atomic E-state index is 13.0. The van der Waals surface area contributed by atoms with Gasteiger partial charge in [-0.2, -0.15) is 0 Å². The van der Waals surface area contributed by atoms with Gasteiger partial charge in [-0.1, -0.05) is 38.7 Å². The van der Waals surface area contributed by atoms with E-state index in [1.165, 1.54) is 32.1 Å². The van der Waals surface area contributed by atoms with Gasteiger partial charge >= 0.3 is 0 Å². The number of piperidine rings is 1. The summed E-state index contributed by atoms with van der Waals surface area (Å²) in [5.74, 6) is 0.0165. The SMILES string of the molecule is CCCCCCCNc1ccc(-c2nc(-c3ccc4c(c3)CN(C3CCC(=O)NC3=O)C4=O)cn2C)cc1. The first-order valence-electron chi connectivity index (χ1n) is 13.6. The Labute approximate surface area is 223 Å². The third-order valence-electron chi connectivity index (χ3n) is 7.45. The van der Waals surface area contributed by atoms with Crippen LogP contribution in [0.25, 0.3) is 22.6 Å². The molecule has 198 valence electrons. The van der Waals surface area contributed by atoms with Crippen LogP contribution in [-0.4, -0.2) is 44.8 Å². The van der Waals surface area contributed by atoms with E-state index >= 15 is 0 Å². The predicted octanol–water partition coefficient (Wildman–Crippen LogP) is 4.90. The van der Waals surface area contributed by atoms with E-state index < -0.39 is 11.9 Å². The fraction of sp³-hybridized carbons (Fsp3) is 0.400. The molecule has 8 nitrogen and oxygen atoms in total. The Morgan fingerprint density at radius 3 is 2.53 bits per heavy atom. The molecular formula is C30H35N5O3. The second-order valence-electron chi connectivity index (χ2n) is 10.3. The molecule has 8 heteroatoms. The van der Waals surface area contributed by atoms with Gasteiger partial charge in [0.15, 0.2) is 0 Å². The monoisotopic (exact) mass is 513 g/mol. The Hall–Kier alpha value is -3.94. The summed E-state index contributed by atoms with van der Waals surface area (Å²) >= 11 is 0. The number of carbonyl (C=O) groups is 3. The van der Waals surface area contributed by atoms with Crippen molar-refractivity contribution in [3.63, 3.8) is 0 Å². The lowest BCUT2D eigenvalue weighted by Crippen LogP contribution is -2.52. The second kappa shape index (κ2) is 11.2. The number of imidazole rings is 1. The highest BCUT2D eigenvalue weighted by molar-refractivity contribution is 6.05. The van der Waals surface area contributed by atoms with E-state index in [1.54, 1.807) is 4.90 Å². The van der Waals surface area contributed by atoms with Gasteiger partial charge in [-0.05, 0) is 54.8 Å². The van der Waals surface area contributed by atoms with Crippen molar-refractivity contribution >= 4 is 23.4 Å². The van der Waals surface area contributed by atoms with E-state index in [9.17, 15) is 14.4 Å². The highest BCUT2D eigenvalue weighted by Crippen LogP contribution is 2.32. The highest BCUT2D eigenvalue weighted by Gasteiger charge is 2.39. The maximum Gasteiger partial charge on any atom is 0.255 e. The molecule has 1 unspecified atom stereocenters. The molecule has 1 aromatic heterocycles. The summed E-state index contributed by atoms with van der Waals surface area (Å²) in [7, 11) is 1.98. The third-order valence-corrected chi connectivity index (χ3v) is 7.45. The van der Waals surface area contributed by atoms with Gasteiger partial charge < -0.3 is 14.8 Å². The van der Waals surface area contributed by atoms with Crippen molar-refractivity contribution in [2.45, 2.75) is 64.5 Å². The number of amides is 3. The predicted molar refractivity (Wildman–Crippen MR) is 147 cm³/mol. The van der Waals surface area contributed by atoms with Gasteiger partial charge in [0.2, 0.25) is 11.8 Å². The van der Waals surface area contributed by atoms with Crippen LogP contribution >= 0.6 is 0 Å². The van der Waals surface area contributed by atoms with Crippen LogP contribution in [0.1, 0.15) is 67.8 Å². The number of rotatable bonds is 10. The Kier molecular flexibility index (Phi) is 7.58. The number of nitrogens with zero attached hydrogens (tertiary/aromatic N) is 3. The summed E-state index contributed by atoms with van der Waals surface area (Å²) in [5.41, 5.74) is 5.36. The molecule has 2 aliphatic heterocycles. The number of carbonyl (C=O) groups excluding carboxylic acids is 3. The molecule has 1 atom stereocenters. The third kappa shape index (κ3) is 5.35. The number of aromatic nitrogens is 2. The van der Waals surface area contributed by atoms with Gasteiger partial charge in [0.25, 0.3) is 5.91 Å². The van der Waals surface area contributed by atoms with Crippen LogP contribution in [0.3, 0.4) is 0 Å². The van der Waals surface area contributed by atoms with E-state index in [1.807, 2.05) is 36.0 Å². The lowest BCUT2D eigenvalue weighted by atomic mass is 10.0. The van der Waals surface area contributed by atoms with E-state index in [2.05, 4.69) is 41.8 Å². The minimum Gasteiger partial charge on any atom is -0.385 e. The molecule has 3 aromatic rings. The van der Waals surface area contributed by atoms with Crippen LogP contribution in [0.2, 0.25) is 0 Å². The Bertz CT molecular complexity index is 1340. The molecular weight excluding hydrogens is 478 g/mol. The summed E-state index contributed by atoms with van der Waals surface area (Å²) < 4.78 is 2.01. The van der Waals surface area contributed by atoms with Crippen LogP contribution in [0.5, 0.6) is 0 Å². The number of imide groups is 1. The number of anilines is 1. The van der Waals surface area contributed by atoms with Crippen LogP contribution in [0.4, 0.5) is 5.69 Å². The molecule has 0 saturated carbocycles. The van der Waals surface area contributed by atoms with Gasteiger partial charge in [-0.15, -0.1) is 0 Å². The smallest absolute Gasteiger partial charge is 0.255 e. The highest BCUT2D eigenvalue weighted by atomic mass is 16.2. The van der Waals surface area contributed by atoms with Crippen LogP contribution in [-0.2, 0) is 23.2 Å². The molecule has 38 heavy (non-hydrogen) atoms. The number of hydrogen-bond acceptors (Lipinski definition) is 5. The number of nitrogens with one attached hydrogen (secondary N) is 2. The summed E-state index contributed by atoms with van der Waals surface area (Å²) in [4.78, 5) is 43.3. The summed E-state index contributed by atoms with van der Waals surface area (Å²) in [6.07, 6.45) is 8.92. The van der Waals surface area contributed by atoms with Crippen molar-refractivity contribution in [1.29, 1.82) is 0 Å². The minimum atomic E-state index is -0.615. The van der Waals surface area contributed by atoms with E-state index in [0.717, 1.165) is 40.4 Å². The van der Waals surface area contributed by atoms with Crippen molar-refractivity contribution in [1.82, 2.24) is 19.8 Å². The minimum absolute atomic E-state index is 0.169. The Morgan fingerprint density at radius 1 is 1.00 bits per heavy atom. The summed E-state index contributed by atoms with van der Waals surface area (Å²) in [5, 5.41) is 5.85. The first kappa shape index (κ1) is 25.7. The zero-order valence-corrected chi connectivity index (χ0v) is 22.1. The molecule has 2 aliphatic rings. The Morgan fingerprint density at radius 2 is 1.76 bits per heavy atom. The normalized spacial score (nSPS) is 17.1. The fourth-order valence-electron chi connectivity index (χ4n) is 5.31. The largest absolute Gasteiger partial charge is 0.385 e. The van der Waals surface area contributed by atoms with Crippen molar-refractivity contribution in [2.24, 2.45) is 7.05 Å². The summed E-state index contributed by atoms with van der Waals surface area (Å²) in [6.45, 7) is 3.57. The Balaban J connectivity index is 1.26. The van der Waals surface area contributed by atoms with E-state index in [0.29, 0.717) is 18.5 Å². The standard InChI is InChI=1S/C30H35N5O3/c1-3-4-5-6-7-16-31-23-11-8-20(9-12-23)28-32-25(19-34(28)2)21-10-13-24-22(17-21)18-35(30(24)38)26-14-15-27(36)33-29(26)37/h8-13,17,19,26,31H,3-7,14-16,18H2,1-2H3,(H,33,36,37). The van der Waals surface area contributed by atoms with Gasteiger partial charge in [-0.25, -0.2) is 4.98 Å². The second-order valence-corrected chi connectivity index (χ2v) is 10.3. The van der Waals surface area contributed by atoms with Gasteiger partial charge in [-0.3, -0.25) is 19.7 Å². The number of aryl methyl sites for hydroxylation is 1. The van der Waals surface area contributed by atoms with Crippen molar-refractivity contribution in [3.8, 4) is 22.6 Å². The average molecular weight is 514 g/mol. The van der Waals surface area contributed by atoms with E-state index in [-0.39, 0.29) is 18.2 Å². The molecule has 1 saturated heterocycles. The van der Waals surface area contributed by atoms with Crippen LogP contribution in [0.15, 0.2) is 48.7 Å². The van der Waals surface area contributed by atoms with Crippen molar-refractivity contribution < 1.29 is 14.4 Å². The molecule has 0 radical (unpaired) electrons. The summed E-state index contributed by atoms with van der Waals surface area (Å²) in [6, 6.07) is 13.5. The number of unbranched alkanes of at least 4 members (excludes halogenated alkanes) is 4. The topological polar surface area (TPSA) is 96.3 Å². The molecule has 3 heterocycles. The zero-order valence-electron chi connectivity index (χ0n) is 22.1. The first-order chi connectivity index (χ1) is 18.4. The lowest BCUT2D eigenvalue weighted by Gasteiger charge is -2.29. The first-order valence-corrected chi connectivity index (χ1v) is 13.6. The molecule has 2 aromatic carbocycles. The zero-order chi connectivity index (χ0) is 26.6. The van der Waals surface area contributed by atoms with Gasteiger partial charge in [0, 0.05) is 55.1 Å². The van der Waals surface area contributed by atoms with Gasteiger partial charge in [0.1, 0.15) is 11.9 Å². The van der Waals surface area contributed by atoms with Gasteiger partial charge in [0.05, 0.1) is 5.69 Å².